The van der Waals surface area contributed by atoms with Crippen LogP contribution in [-0.2, 0) is 4.79 Å². The molecule has 2 aromatic rings. The second-order valence-corrected chi connectivity index (χ2v) is 3.55. The fourth-order valence-electron chi connectivity index (χ4n) is 1.70. The van der Waals surface area contributed by atoms with E-state index in [1.165, 1.54) is 19.2 Å². The summed E-state index contributed by atoms with van der Waals surface area (Å²) in [6, 6.07) is 4.56. The number of carbonyl (C=O) groups is 2. The number of hydrogen-bond donors (Lipinski definition) is 1. The van der Waals surface area contributed by atoms with Gasteiger partial charge in [-0.3, -0.25) is 4.79 Å². The van der Waals surface area contributed by atoms with Gasteiger partial charge in [-0.15, -0.1) is 0 Å². The molecule has 0 aliphatic carbocycles. The number of methoxy groups -OCH3 is 1. The summed E-state index contributed by atoms with van der Waals surface area (Å²) in [5.74, 6) is -1.40. The summed E-state index contributed by atoms with van der Waals surface area (Å²) in [5, 5.41) is 9.17. The number of aryl methyl sites for hydroxylation is 1. The Hall–Kier alpha value is -2.30. The molecule has 0 unspecified atom stereocenters. The van der Waals surface area contributed by atoms with Gasteiger partial charge in [0.25, 0.3) is 5.78 Å². The minimum atomic E-state index is -1.49. The number of aliphatic carboxylic acids is 1. The zero-order chi connectivity index (χ0) is 12.6. The van der Waals surface area contributed by atoms with E-state index in [-0.39, 0.29) is 5.56 Å². The maximum Gasteiger partial charge on any atom is 0.377 e. The third-order valence-corrected chi connectivity index (χ3v) is 2.43. The lowest BCUT2D eigenvalue weighted by atomic mass is 10.1. The minimum absolute atomic E-state index is 0.102. The molecule has 17 heavy (non-hydrogen) atoms. The molecule has 1 N–H and O–H groups in total. The highest BCUT2D eigenvalue weighted by Crippen LogP contribution is 2.31. The largest absolute Gasteiger partial charge is 0.493 e. The van der Waals surface area contributed by atoms with E-state index in [0.29, 0.717) is 22.5 Å². The van der Waals surface area contributed by atoms with E-state index in [1.807, 2.05) is 0 Å². The Balaban J connectivity index is 2.74. The zero-order valence-electron chi connectivity index (χ0n) is 9.31. The second kappa shape index (κ2) is 3.93. The molecule has 0 atom stereocenters. The Morgan fingerprint density at radius 2 is 2.06 bits per heavy atom. The number of carboxylic acid groups (broad SMARTS) is 1. The molecule has 0 aliphatic rings. The number of carboxylic acids is 1. The molecule has 0 aliphatic heterocycles. The van der Waals surface area contributed by atoms with E-state index in [4.69, 9.17) is 14.3 Å². The number of Topliss-reactive ketones (excluding diaryl/α,β-unsaturated/α-hetero) is 1. The van der Waals surface area contributed by atoms with E-state index in [2.05, 4.69) is 0 Å². The first-order valence-corrected chi connectivity index (χ1v) is 4.89. The normalized spacial score (nSPS) is 10.5. The van der Waals surface area contributed by atoms with Crippen LogP contribution in [0.5, 0.6) is 5.75 Å². The molecule has 1 heterocycles. The van der Waals surface area contributed by atoms with E-state index < -0.39 is 11.8 Å². The number of carbonyl (C=O) groups excluding carboxylic acids is 1. The van der Waals surface area contributed by atoms with E-state index >= 15 is 0 Å². The lowest BCUT2D eigenvalue weighted by Crippen LogP contribution is -2.12. The number of ketones is 1. The Morgan fingerprint density at radius 1 is 1.35 bits per heavy atom. The average Bonchev–Trinajstić information content (AvgIpc) is 2.67. The third kappa shape index (κ3) is 1.75. The summed E-state index contributed by atoms with van der Waals surface area (Å²) in [6.45, 7) is 1.72. The molecule has 1 aromatic heterocycles. The number of benzene rings is 1. The van der Waals surface area contributed by atoms with Crippen LogP contribution in [0, 0.1) is 6.92 Å². The predicted molar refractivity (Wildman–Crippen MR) is 59.5 cm³/mol. The van der Waals surface area contributed by atoms with E-state index in [9.17, 15) is 9.59 Å². The third-order valence-electron chi connectivity index (χ3n) is 2.43. The van der Waals surface area contributed by atoms with Crippen LogP contribution in [-0.4, -0.2) is 24.0 Å². The fraction of sp³-hybridized carbons (Fsp3) is 0.167. The predicted octanol–water partition coefficient (Wildman–Crippen LogP) is 2.02. The van der Waals surface area contributed by atoms with Crippen LogP contribution in [0.3, 0.4) is 0 Å². The molecule has 0 radical (unpaired) electrons. The van der Waals surface area contributed by atoms with Crippen molar-refractivity contribution < 1.29 is 23.8 Å². The van der Waals surface area contributed by atoms with Gasteiger partial charge < -0.3 is 14.3 Å². The second-order valence-electron chi connectivity index (χ2n) is 3.55. The van der Waals surface area contributed by atoms with Crippen LogP contribution in [0.25, 0.3) is 11.0 Å². The molecule has 0 spiro atoms. The monoisotopic (exact) mass is 234 g/mol. The van der Waals surface area contributed by atoms with E-state index in [1.54, 1.807) is 13.0 Å². The first-order valence-electron chi connectivity index (χ1n) is 4.89. The maximum atomic E-state index is 11.5. The van der Waals surface area contributed by atoms with Gasteiger partial charge in [-0.05, 0) is 25.1 Å². The Kier molecular flexibility index (Phi) is 2.59. The maximum absolute atomic E-state index is 11.5. The number of furan rings is 1. The molecule has 0 amide bonds. The topological polar surface area (TPSA) is 76.7 Å². The van der Waals surface area contributed by atoms with Crippen molar-refractivity contribution in [2.24, 2.45) is 0 Å². The lowest BCUT2D eigenvalue weighted by Gasteiger charge is -2.03. The standard InChI is InChI=1S/C12H10O5/c1-6-5-8-7(10(13)12(14)15)3-4-9(16-2)11(8)17-6/h3-5H,1-2H3,(H,14,15). The summed E-state index contributed by atoms with van der Waals surface area (Å²) in [5.41, 5.74) is 0.488. The van der Waals surface area contributed by atoms with Crippen LogP contribution in [0.4, 0.5) is 0 Å². The Labute approximate surface area is 96.6 Å². The van der Waals surface area contributed by atoms with Gasteiger partial charge in [0.15, 0.2) is 11.3 Å². The van der Waals surface area contributed by atoms with Crippen molar-refractivity contribution in [1.29, 1.82) is 0 Å². The highest BCUT2D eigenvalue weighted by atomic mass is 16.5. The van der Waals surface area contributed by atoms with Crippen LogP contribution < -0.4 is 4.74 Å². The molecule has 2 rings (SSSR count). The number of hydrogen-bond acceptors (Lipinski definition) is 4. The molecular weight excluding hydrogens is 224 g/mol. The highest BCUT2D eigenvalue weighted by molar-refractivity contribution is 6.42. The van der Waals surface area contributed by atoms with E-state index in [0.717, 1.165) is 0 Å². The average molecular weight is 234 g/mol. The van der Waals surface area contributed by atoms with Gasteiger partial charge in [-0.1, -0.05) is 0 Å². The Morgan fingerprint density at radius 3 is 2.65 bits per heavy atom. The molecule has 88 valence electrons. The lowest BCUT2D eigenvalue weighted by molar-refractivity contribution is -0.131. The smallest absolute Gasteiger partial charge is 0.377 e. The van der Waals surface area contributed by atoms with Gasteiger partial charge >= 0.3 is 5.97 Å². The molecule has 0 saturated heterocycles. The van der Waals surface area contributed by atoms with Crippen molar-refractivity contribution in [3.05, 3.63) is 29.5 Å². The number of ether oxygens (including phenoxy) is 1. The first-order chi connectivity index (χ1) is 8.04. The van der Waals surface area contributed by atoms with Gasteiger partial charge in [0.05, 0.1) is 7.11 Å². The molecule has 1 aromatic carbocycles. The summed E-state index contributed by atoms with van der Waals surface area (Å²) >= 11 is 0. The molecular formula is C12H10O5. The quantitative estimate of drug-likeness (QED) is 0.649. The van der Waals surface area contributed by atoms with Gasteiger partial charge in [0.2, 0.25) is 0 Å². The zero-order valence-corrected chi connectivity index (χ0v) is 9.31. The van der Waals surface area contributed by atoms with Crippen molar-refractivity contribution in [3.8, 4) is 5.75 Å². The van der Waals surface area contributed by atoms with Crippen LogP contribution in [0.1, 0.15) is 16.1 Å². The fourth-order valence-corrected chi connectivity index (χ4v) is 1.70. The molecule has 0 bridgehead atoms. The highest BCUT2D eigenvalue weighted by Gasteiger charge is 2.21. The van der Waals surface area contributed by atoms with Gasteiger partial charge in [-0.2, -0.15) is 0 Å². The van der Waals surface area contributed by atoms with Crippen molar-refractivity contribution in [1.82, 2.24) is 0 Å². The summed E-state index contributed by atoms with van der Waals surface area (Å²) in [7, 11) is 1.48. The molecule has 5 nitrogen and oxygen atoms in total. The van der Waals surface area contributed by atoms with Gasteiger partial charge in [0.1, 0.15) is 5.76 Å². The van der Waals surface area contributed by atoms with Crippen LogP contribution in [0.2, 0.25) is 0 Å². The van der Waals surface area contributed by atoms with Gasteiger partial charge in [0, 0.05) is 10.9 Å². The van der Waals surface area contributed by atoms with Gasteiger partial charge in [-0.25, -0.2) is 4.79 Å². The van der Waals surface area contributed by atoms with Crippen molar-refractivity contribution in [3.63, 3.8) is 0 Å². The summed E-state index contributed by atoms with van der Waals surface area (Å²) in [4.78, 5) is 22.2. The summed E-state index contributed by atoms with van der Waals surface area (Å²) in [6.07, 6.45) is 0. The minimum Gasteiger partial charge on any atom is -0.493 e. The number of fused-ring (bicyclic) bond motifs is 1. The molecule has 0 fully saturated rings. The van der Waals surface area contributed by atoms with Crippen LogP contribution >= 0.6 is 0 Å². The Bertz CT molecular complexity index is 609. The van der Waals surface area contributed by atoms with Crippen molar-refractivity contribution in [2.45, 2.75) is 6.92 Å². The summed E-state index contributed by atoms with van der Waals surface area (Å²) < 4.78 is 10.5. The first kappa shape index (κ1) is 11.2. The SMILES string of the molecule is COc1ccc(C(=O)C(=O)O)c2cc(C)oc12. The molecule has 0 saturated carbocycles. The van der Waals surface area contributed by atoms with Crippen molar-refractivity contribution in [2.75, 3.05) is 7.11 Å². The molecule has 5 heteroatoms. The van der Waals surface area contributed by atoms with Crippen molar-refractivity contribution >= 4 is 22.7 Å². The van der Waals surface area contributed by atoms with Crippen LogP contribution in [0.15, 0.2) is 22.6 Å². The number of rotatable bonds is 3.